The lowest BCUT2D eigenvalue weighted by molar-refractivity contribution is -0.490. The first kappa shape index (κ1) is 20.6. The molecule has 1 N–H and O–H groups in total. The van der Waals surface area contributed by atoms with Crippen LogP contribution in [-0.4, -0.2) is 42.5 Å². The Labute approximate surface area is 166 Å². The molecule has 0 spiro atoms. The number of ether oxygens (including phenoxy) is 3. The van der Waals surface area contributed by atoms with Crippen molar-refractivity contribution >= 4 is 17.7 Å². The number of nitrogens with one attached hydrogen (secondary N) is 1. The lowest BCUT2D eigenvalue weighted by Crippen LogP contribution is -2.30. The maximum Gasteiger partial charge on any atom is 0.307 e. The molecule has 156 valence electrons. The summed E-state index contributed by atoms with van der Waals surface area (Å²) in [7, 11) is 0. The fourth-order valence-corrected chi connectivity index (χ4v) is 3.69. The summed E-state index contributed by atoms with van der Waals surface area (Å²) in [5.41, 5.74) is 0.794. The molecule has 2 aliphatic rings. The average Bonchev–Trinajstić information content (AvgIpc) is 3.23. The molecule has 0 bridgehead atoms. The van der Waals surface area contributed by atoms with Crippen LogP contribution in [0.3, 0.4) is 0 Å². The van der Waals surface area contributed by atoms with Crippen LogP contribution in [-0.2, 0) is 25.7 Å². The number of Topliss-reactive ketones (excluding diaryl/α,β-unsaturated/α-hetero) is 1. The minimum atomic E-state index is -0.736. The molecule has 0 aromatic heterocycles. The number of amides is 1. The molecule has 1 aliphatic carbocycles. The Hall–Kier alpha value is -3.17. The molecule has 1 fully saturated rings. The van der Waals surface area contributed by atoms with Crippen molar-refractivity contribution in [2.45, 2.75) is 26.3 Å². The molecule has 0 saturated heterocycles. The number of ketones is 1. The minimum Gasteiger partial charge on any atom is -0.456 e. The van der Waals surface area contributed by atoms with Crippen LogP contribution in [0.15, 0.2) is 18.2 Å². The van der Waals surface area contributed by atoms with Crippen molar-refractivity contribution < 1.29 is 33.5 Å². The molecular weight excluding hydrogens is 384 g/mol. The molecule has 1 saturated carbocycles. The first-order valence-electron chi connectivity index (χ1n) is 9.29. The van der Waals surface area contributed by atoms with E-state index in [1.807, 2.05) is 0 Å². The number of nitrogens with zero attached hydrogens (tertiary/aromatic N) is 1. The zero-order chi connectivity index (χ0) is 21.0. The van der Waals surface area contributed by atoms with E-state index in [0.717, 1.165) is 5.56 Å². The summed E-state index contributed by atoms with van der Waals surface area (Å²) < 4.78 is 15.4. The SMILES string of the molecule is C[C@H]1CC(=O)[C@H](CC(=O)OCC(=O)NCc2ccc3c(c2)OCO3)[C@@H]1C[N+](=O)[O-]. The van der Waals surface area contributed by atoms with Crippen LogP contribution in [0, 0.1) is 27.9 Å². The van der Waals surface area contributed by atoms with Crippen molar-refractivity contribution in [3.8, 4) is 11.5 Å². The second-order valence-electron chi connectivity index (χ2n) is 7.26. The summed E-state index contributed by atoms with van der Waals surface area (Å²) in [6.45, 7) is 1.30. The van der Waals surface area contributed by atoms with Gasteiger partial charge in [-0.1, -0.05) is 13.0 Å². The number of esters is 1. The van der Waals surface area contributed by atoms with Crippen LogP contribution in [0.4, 0.5) is 0 Å². The highest BCUT2D eigenvalue weighted by atomic mass is 16.7. The second kappa shape index (κ2) is 8.89. The Morgan fingerprint density at radius 3 is 2.83 bits per heavy atom. The van der Waals surface area contributed by atoms with Crippen LogP contribution in [0.5, 0.6) is 11.5 Å². The molecule has 29 heavy (non-hydrogen) atoms. The molecule has 1 amide bonds. The van der Waals surface area contributed by atoms with Gasteiger partial charge < -0.3 is 19.5 Å². The van der Waals surface area contributed by atoms with Gasteiger partial charge in [-0.15, -0.1) is 0 Å². The Kier molecular flexibility index (Phi) is 6.30. The van der Waals surface area contributed by atoms with E-state index in [-0.39, 0.29) is 44.4 Å². The van der Waals surface area contributed by atoms with Gasteiger partial charge in [0.2, 0.25) is 13.3 Å². The highest BCUT2D eigenvalue weighted by molar-refractivity contribution is 5.88. The number of hydrogen-bond acceptors (Lipinski definition) is 8. The third kappa shape index (κ3) is 5.21. The summed E-state index contributed by atoms with van der Waals surface area (Å²) in [4.78, 5) is 46.4. The number of fused-ring (bicyclic) bond motifs is 1. The fraction of sp³-hybridized carbons (Fsp3) is 0.526. The summed E-state index contributed by atoms with van der Waals surface area (Å²) in [5, 5.41) is 13.4. The molecule has 0 unspecified atom stereocenters. The smallest absolute Gasteiger partial charge is 0.307 e. The van der Waals surface area contributed by atoms with Crippen molar-refractivity contribution in [1.29, 1.82) is 0 Å². The Morgan fingerprint density at radius 1 is 1.31 bits per heavy atom. The molecular formula is C19H22N2O8. The van der Waals surface area contributed by atoms with Gasteiger partial charge in [-0.25, -0.2) is 0 Å². The van der Waals surface area contributed by atoms with E-state index in [4.69, 9.17) is 14.2 Å². The van der Waals surface area contributed by atoms with Crippen LogP contribution in [0.2, 0.25) is 0 Å². The number of carbonyl (C=O) groups is 3. The van der Waals surface area contributed by atoms with E-state index in [2.05, 4.69) is 5.32 Å². The summed E-state index contributed by atoms with van der Waals surface area (Å²) in [6.07, 6.45) is -0.0381. The van der Waals surface area contributed by atoms with Crippen molar-refractivity contribution in [3.63, 3.8) is 0 Å². The van der Waals surface area contributed by atoms with E-state index < -0.39 is 35.2 Å². The maximum atomic E-state index is 12.1. The van der Waals surface area contributed by atoms with Gasteiger partial charge in [0.15, 0.2) is 18.1 Å². The molecule has 10 heteroatoms. The van der Waals surface area contributed by atoms with Crippen molar-refractivity contribution in [2.24, 2.45) is 17.8 Å². The van der Waals surface area contributed by atoms with Gasteiger partial charge in [0.25, 0.3) is 5.91 Å². The van der Waals surface area contributed by atoms with Crippen LogP contribution >= 0.6 is 0 Å². The summed E-state index contributed by atoms with van der Waals surface area (Å²) in [6, 6.07) is 5.27. The van der Waals surface area contributed by atoms with Gasteiger partial charge in [-0.05, 0) is 23.6 Å². The van der Waals surface area contributed by atoms with Crippen molar-refractivity contribution in [1.82, 2.24) is 5.32 Å². The van der Waals surface area contributed by atoms with Crippen molar-refractivity contribution in [3.05, 3.63) is 33.9 Å². The average molecular weight is 406 g/mol. The summed E-state index contributed by atoms with van der Waals surface area (Å²) in [5.74, 6) is -1.54. The van der Waals surface area contributed by atoms with Gasteiger partial charge in [-0.2, -0.15) is 0 Å². The largest absolute Gasteiger partial charge is 0.456 e. The number of nitro groups is 1. The predicted octanol–water partition coefficient (Wildman–Crippen LogP) is 1.08. The zero-order valence-corrected chi connectivity index (χ0v) is 15.9. The van der Waals surface area contributed by atoms with Gasteiger partial charge in [0, 0.05) is 29.7 Å². The normalized spacial score (nSPS) is 22.4. The van der Waals surface area contributed by atoms with Crippen molar-refractivity contribution in [2.75, 3.05) is 19.9 Å². The number of rotatable bonds is 8. The van der Waals surface area contributed by atoms with Gasteiger partial charge >= 0.3 is 5.97 Å². The Bertz CT molecular complexity index is 824. The van der Waals surface area contributed by atoms with E-state index in [0.29, 0.717) is 11.5 Å². The number of hydrogen-bond donors (Lipinski definition) is 1. The first-order chi connectivity index (χ1) is 13.8. The van der Waals surface area contributed by atoms with Gasteiger partial charge in [-0.3, -0.25) is 24.5 Å². The highest BCUT2D eigenvalue weighted by Crippen LogP contribution is 2.36. The van der Waals surface area contributed by atoms with E-state index in [1.165, 1.54) is 0 Å². The van der Waals surface area contributed by atoms with E-state index in [9.17, 15) is 24.5 Å². The van der Waals surface area contributed by atoms with E-state index in [1.54, 1.807) is 25.1 Å². The topological polar surface area (TPSA) is 134 Å². The van der Waals surface area contributed by atoms with E-state index >= 15 is 0 Å². The quantitative estimate of drug-likeness (QED) is 0.385. The predicted molar refractivity (Wildman–Crippen MR) is 97.6 cm³/mol. The molecule has 1 heterocycles. The lowest BCUT2D eigenvalue weighted by Gasteiger charge is -2.17. The maximum absolute atomic E-state index is 12.1. The summed E-state index contributed by atoms with van der Waals surface area (Å²) >= 11 is 0. The highest BCUT2D eigenvalue weighted by Gasteiger charge is 2.44. The van der Waals surface area contributed by atoms with Crippen LogP contribution in [0.25, 0.3) is 0 Å². The third-order valence-electron chi connectivity index (χ3n) is 5.22. The molecule has 10 nitrogen and oxygen atoms in total. The van der Waals surface area contributed by atoms with Crippen LogP contribution < -0.4 is 14.8 Å². The molecule has 3 rings (SSSR count). The second-order valence-corrected chi connectivity index (χ2v) is 7.26. The molecule has 1 aromatic rings. The van der Waals surface area contributed by atoms with Gasteiger partial charge in [0.1, 0.15) is 5.78 Å². The number of carbonyl (C=O) groups excluding carboxylic acids is 3. The fourth-order valence-electron chi connectivity index (χ4n) is 3.69. The Morgan fingerprint density at radius 2 is 2.07 bits per heavy atom. The standard InChI is InChI=1S/C19H22N2O8/c1-11-4-15(22)13(14(11)8-21(25)26)6-19(24)27-9-18(23)20-7-12-2-3-16-17(5-12)29-10-28-16/h2-3,5,11,13-14H,4,6-10H2,1H3,(H,20,23)/t11-,13+,14+/m0/s1. The lowest BCUT2D eigenvalue weighted by atomic mass is 9.88. The third-order valence-corrected chi connectivity index (χ3v) is 5.22. The minimum absolute atomic E-state index is 0.157. The van der Waals surface area contributed by atoms with Gasteiger partial charge in [0.05, 0.1) is 6.42 Å². The Balaban J connectivity index is 1.43. The molecule has 0 radical (unpaired) electrons. The molecule has 1 aromatic carbocycles. The zero-order valence-electron chi connectivity index (χ0n) is 15.9. The van der Waals surface area contributed by atoms with Crippen LogP contribution in [0.1, 0.15) is 25.3 Å². The number of benzene rings is 1. The molecule has 1 aliphatic heterocycles. The monoisotopic (exact) mass is 406 g/mol. The molecule has 3 atom stereocenters. The first-order valence-corrected chi connectivity index (χ1v) is 9.29.